The zero-order valence-electron chi connectivity index (χ0n) is 12.0. The number of benzene rings is 1. The number of nitrogens with one attached hydrogen (secondary N) is 1. The SMILES string of the molecule is COc1ccc([C@H](CC(C)C)NC(=O)C2CC2)cc1. The van der Waals surface area contributed by atoms with Gasteiger partial charge in [0, 0.05) is 5.92 Å². The van der Waals surface area contributed by atoms with E-state index in [0.29, 0.717) is 5.92 Å². The minimum atomic E-state index is 0.110. The first-order valence-corrected chi connectivity index (χ1v) is 7.04. The van der Waals surface area contributed by atoms with E-state index in [0.717, 1.165) is 30.6 Å². The topological polar surface area (TPSA) is 38.3 Å². The van der Waals surface area contributed by atoms with E-state index < -0.39 is 0 Å². The number of amides is 1. The predicted molar refractivity (Wildman–Crippen MR) is 76.1 cm³/mol. The molecule has 1 aliphatic rings. The first-order valence-electron chi connectivity index (χ1n) is 7.04. The number of hydrogen-bond donors (Lipinski definition) is 1. The molecule has 1 N–H and O–H groups in total. The molecular formula is C16H23NO2. The van der Waals surface area contributed by atoms with E-state index in [-0.39, 0.29) is 17.9 Å². The van der Waals surface area contributed by atoms with Gasteiger partial charge in [-0.15, -0.1) is 0 Å². The summed E-state index contributed by atoms with van der Waals surface area (Å²) >= 11 is 0. The van der Waals surface area contributed by atoms with Crippen LogP contribution in [0.25, 0.3) is 0 Å². The molecule has 1 aromatic carbocycles. The van der Waals surface area contributed by atoms with Crippen molar-refractivity contribution in [1.82, 2.24) is 5.32 Å². The van der Waals surface area contributed by atoms with E-state index in [2.05, 4.69) is 19.2 Å². The fourth-order valence-electron chi connectivity index (χ4n) is 2.22. The third-order valence-corrected chi connectivity index (χ3v) is 3.49. The highest BCUT2D eigenvalue weighted by atomic mass is 16.5. The summed E-state index contributed by atoms with van der Waals surface area (Å²) in [6, 6.07) is 8.09. The standard InChI is InChI=1S/C16H23NO2/c1-11(2)10-15(17-16(18)13-4-5-13)12-6-8-14(19-3)9-7-12/h6-9,11,13,15H,4-5,10H2,1-3H3,(H,17,18)/t15-/m0/s1. The van der Waals surface area contributed by atoms with Crippen molar-refractivity contribution in [1.29, 1.82) is 0 Å². The van der Waals surface area contributed by atoms with E-state index in [1.807, 2.05) is 24.3 Å². The molecule has 0 aromatic heterocycles. The minimum Gasteiger partial charge on any atom is -0.497 e. The normalized spacial score (nSPS) is 16.2. The van der Waals surface area contributed by atoms with Crippen molar-refractivity contribution in [2.75, 3.05) is 7.11 Å². The van der Waals surface area contributed by atoms with Crippen LogP contribution in [-0.2, 0) is 4.79 Å². The Hall–Kier alpha value is -1.51. The van der Waals surface area contributed by atoms with Crippen LogP contribution < -0.4 is 10.1 Å². The summed E-state index contributed by atoms with van der Waals surface area (Å²) in [6.45, 7) is 4.36. The maximum Gasteiger partial charge on any atom is 0.223 e. The molecule has 0 radical (unpaired) electrons. The summed E-state index contributed by atoms with van der Waals surface area (Å²) in [5.41, 5.74) is 1.16. The van der Waals surface area contributed by atoms with Gasteiger partial charge in [0.15, 0.2) is 0 Å². The zero-order chi connectivity index (χ0) is 13.8. The number of ether oxygens (including phenoxy) is 1. The molecule has 0 heterocycles. The molecule has 1 aliphatic carbocycles. The van der Waals surface area contributed by atoms with Crippen LogP contribution >= 0.6 is 0 Å². The predicted octanol–water partition coefficient (Wildman–Crippen LogP) is 3.31. The van der Waals surface area contributed by atoms with E-state index >= 15 is 0 Å². The number of carbonyl (C=O) groups is 1. The highest BCUT2D eigenvalue weighted by Gasteiger charge is 2.31. The smallest absolute Gasteiger partial charge is 0.223 e. The van der Waals surface area contributed by atoms with Crippen LogP contribution in [0.15, 0.2) is 24.3 Å². The first kappa shape index (κ1) is 13.9. The van der Waals surface area contributed by atoms with Gasteiger partial charge in [-0.2, -0.15) is 0 Å². The molecule has 0 bridgehead atoms. The molecule has 0 aliphatic heterocycles. The van der Waals surface area contributed by atoms with E-state index in [9.17, 15) is 4.79 Å². The van der Waals surface area contributed by atoms with Gasteiger partial charge in [-0.05, 0) is 42.9 Å². The van der Waals surface area contributed by atoms with Crippen LogP contribution in [0.3, 0.4) is 0 Å². The highest BCUT2D eigenvalue weighted by Crippen LogP contribution is 2.31. The van der Waals surface area contributed by atoms with Gasteiger partial charge in [0.05, 0.1) is 13.2 Å². The fourth-order valence-corrected chi connectivity index (χ4v) is 2.22. The van der Waals surface area contributed by atoms with Crippen LogP contribution in [-0.4, -0.2) is 13.0 Å². The molecule has 1 aromatic rings. The summed E-state index contributed by atoms with van der Waals surface area (Å²) in [4.78, 5) is 12.0. The summed E-state index contributed by atoms with van der Waals surface area (Å²) in [7, 11) is 1.66. The Morgan fingerprint density at radius 2 is 1.95 bits per heavy atom. The largest absolute Gasteiger partial charge is 0.497 e. The van der Waals surface area contributed by atoms with Gasteiger partial charge in [0.2, 0.25) is 5.91 Å². The number of rotatable bonds is 6. The monoisotopic (exact) mass is 261 g/mol. The third kappa shape index (κ3) is 3.98. The molecule has 1 amide bonds. The quantitative estimate of drug-likeness (QED) is 0.853. The zero-order valence-corrected chi connectivity index (χ0v) is 12.0. The summed E-state index contributed by atoms with van der Waals surface area (Å²) < 4.78 is 5.17. The molecule has 1 fully saturated rings. The van der Waals surface area contributed by atoms with Gasteiger partial charge >= 0.3 is 0 Å². The van der Waals surface area contributed by atoms with Crippen molar-refractivity contribution >= 4 is 5.91 Å². The molecule has 1 atom stereocenters. The van der Waals surface area contributed by atoms with Crippen LogP contribution in [0.2, 0.25) is 0 Å². The lowest BCUT2D eigenvalue weighted by Crippen LogP contribution is -2.30. The lowest BCUT2D eigenvalue weighted by molar-refractivity contribution is -0.123. The van der Waals surface area contributed by atoms with Gasteiger partial charge in [-0.3, -0.25) is 4.79 Å². The summed E-state index contributed by atoms with van der Waals surface area (Å²) in [5, 5.41) is 3.18. The van der Waals surface area contributed by atoms with Crippen molar-refractivity contribution in [2.24, 2.45) is 11.8 Å². The molecule has 3 nitrogen and oxygen atoms in total. The minimum absolute atomic E-state index is 0.110. The van der Waals surface area contributed by atoms with Crippen molar-refractivity contribution in [2.45, 2.75) is 39.2 Å². The van der Waals surface area contributed by atoms with Crippen LogP contribution in [0.1, 0.15) is 44.7 Å². The summed E-state index contributed by atoms with van der Waals surface area (Å²) in [6.07, 6.45) is 3.05. The molecule has 1 saturated carbocycles. The van der Waals surface area contributed by atoms with E-state index in [1.54, 1.807) is 7.11 Å². The third-order valence-electron chi connectivity index (χ3n) is 3.49. The number of carbonyl (C=O) groups excluding carboxylic acids is 1. The summed E-state index contributed by atoms with van der Waals surface area (Å²) in [5.74, 6) is 1.86. The lowest BCUT2D eigenvalue weighted by atomic mass is 9.96. The molecule has 19 heavy (non-hydrogen) atoms. The molecular weight excluding hydrogens is 238 g/mol. The molecule has 0 saturated heterocycles. The second-order valence-corrected chi connectivity index (χ2v) is 5.74. The Morgan fingerprint density at radius 1 is 1.32 bits per heavy atom. The number of methoxy groups -OCH3 is 1. The van der Waals surface area contributed by atoms with Crippen molar-refractivity contribution < 1.29 is 9.53 Å². The molecule has 3 heteroatoms. The van der Waals surface area contributed by atoms with Gasteiger partial charge in [-0.1, -0.05) is 26.0 Å². The van der Waals surface area contributed by atoms with Crippen molar-refractivity contribution in [3.63, 3.8) is 0 Å². The molecule has 0 spiro atoms. The van der Waals surface area contributed by atoms with Gasteiger partial charge in [0.1, 0.15) is 5.75 Å². The van der Waals surface area contributed by atoms with Crippen LogP contribution in [0.4, 0.5) is 0 Å². The van der Waals surface area contributed by atoms with Crippen molar-refractivity contribution in [3.05, 3.63) is 29.8 Å². The van der Waals surface area contributed by atoms with Crippen LogP contribution in [0.5, 0.6) is 5.75 Å². The first-order chi connectivity index (χ1) is 9.10. The van der Waals surface area contributed by atoms with Gasteiger partial charge < -0.3 is 10.1 Å². The molecule has 104 valence electrons. The van der Waals surface area contributed by atoms with E-state index in [4.69, 9.17) is 4.74 Å². The Bertz CT molecular complexity index is 421. The van der Waals surface area contributed by atoms with Gasteiger partial charge in [0.25, 0.3) is 0 Å². The molecule has 2 rings (SSSR count). The Morgan fingerprint density at radius 3 is 2.42 bits per heavy atom. The second-order valence-electron chi connectivity index (χ2n) is 5.74. The second kappa shape index (κ2) is 6.09. The molecule has 0 unspecified atom stereocenters. The van der Waals surface area contributed by atoms with Crippen LogP contribution in [0, 0.1) is 11.8 Å². The lowest BCUT2D eigenvalue weighted by Gasteiger charge is -2.21. The average molecular weight is 261 g/mol. The fraction of sp³-hybridized carbons (Fsp3) is 0.562. The Kier molecular flexibility index (Phi) is 4.46. The van der Waals surface area contributed by atoms with Crippen molar-refractivity contribution in [3.8, 4) is 5.75 Å². The highest BCUT2D eigenvalue weighted by molar-refractivity contribution is 5.81. The maximum atomic E-state index is 12.0. The Labute approximate surface area is 115 Å². The Balaban J connectivity index is 2.07. The maximum absolute atomic E-state index is 12.0. The number of hydrogen-bond acceptors (Lipinski definition) is 2. The van der Waals surface area contributed by atoms with Gasteiger partial charge in [-0.25, -0.2) is 0 Å². The van der Waals surface area contributed by atoms with E-state index in [1.165, 1.54) is 0 Å². The average Bonchev–Trinajstić information content (AvgIpc) is 3.22.